The van der Waals surface area contributed by atoms with Crippen LogP contribution >= 0.6 is 0 Å². The molecule has 1 aromatic heterocycles. The molecule has 2 N–H and O–H groups in total. The quantitative estimate of drug-likeness (QED) is 0.897. The highest BCUT2D eigenvalue weighted by Crippen LogP contribution is 2.35. The highest BCUT2D eigenvalue weighted by Gasteiger charge is 2.37. The lowest BCUT2D eigenvalue weighted by atomic mass is 9.83. The van der Waals surface area contributed by atoms with Crippen molar-refractivity contribution in [2.24, 2.45) is 0 Å². The molecule has 0 saturated carbocycles. The van der Waals surface area contributed by atoms with Gasteiger partial charge in [0, 0.05) is 12.0 Å². The lowest BCUT2D eigenvalue weighted by Crippen LogP contribution is -2.49. The van der Waals surface area contributed by atoms with Gasteiger partial charge in [-0.25, -0.2) is 0 Å². The van der Waals surface area contributed by atoms with Crippen LogP contribution in [0.15, 0.2) is 41.0 Å². The minimum atomic E-state index is -1.09. The topological polar surface area (TPSA) is 80.9 Å². The Hall–Kier alpha value is -2.47. The van der Waals surface area contributed by atoms with Crippen LogP contribution in [0.2, 0.25) is 0 Å². The van der Waals surface area contributed by atoms with Gasteiger partial charge < -0.3 is 24.3 Å². The maximum Gasteiger partial charge on any atom is 0.264 e. The number of hydrogen-bond donors (Lipinski definition) is 2. The van der Waals surface area contributed by atoms with Crippen LogP contribution in [-0.4, -0.2) is 30.3 Å². The molecular formula is C18H19NO5. The summed E-state index contributed by atoms with van der Waals surface area (Å²) in [5, 5.41) is 13.7. The second kappa shape index (κ2) is 5.87. The standard InChI is InChI=1S/C18H19NO5/c20-17(16-10-23-14-4-1-2-5-15(14)24-16)19-11-18(21)8-3-6-13-12(18)7-9-22-13/h1-2,4-5,7,9,16,21H,3,6,8,10-11H2,(H,19,20). The van der Waals surface area contributed by atoms with E-state index < -0.39 is 11.7 Å². The molecule has 2 aliphatic rings. The number of ether oxygens (including phenoxy) is 2. The first kappa shape index (κ1) is 15.1. The molecule has 1 amide bonds. The largest absolute Gasteiger partial charge is 0.485 e. The van der Waals surface area contributed by atoms with Crippen molar-refractivity contribution in [1.29, 1.82) is 0 Å². The molecule has 1 aliphatic carbocycles. The van der Waals surface area contributed by atoms with Crippen LogP contribution in [0.25, 0.3) is 0 Å². The molecular weight excluding hydrogens is 310 g/mol. The van der Waals surface area contributed by atoms with E-state index in [1.165, 1.54) is 0 Å². The van der Waals surface area contributed by atoms with Crippen molar-refractivity contribution in [2.75, 3.05) is 13.2 Å². The van der Waals surface area contributed by atoms with Gasteiger partial charge in [0.1, 0.15) is 18.0 Å². The molecule has 2 heterocycles. The highest BCUT2D eigenvalue weighted by molar-refractivity contribution is 5.81. The molecule has 24 heavy (non-hydrogen) atoms. The second-order valence-corrected chi connectivity index (χ2v) is 6.22. The van der Waals surface area contributed by atoms with Gasteiger partial charge in [-0.3, -0.25) is 4.79 Å². The van der Waals surface area contributed by atoms with Gasteiger partial charge in [-0.15, -0.1) is 0 Å². The van der Waals surface area contributed by atoms with Crippen LogP contribution in [0.1, 0.15) is 24.2 Å². The Labute approximate surface area is 139 Å². The van der Waals surface area contributed by atoms with E-state index in [4.69, 9.17) is 13.9 Å². The first-order valence-electron chi connectivity index (χ1n) is 8.11. The fourth-order valence-corrected chi connectivity index (χ4v) is 3.30. The highest BCUT2D eigenvalue weighted by atomic mass is 16.6. The predicted octanol–water partition coefficient (Wildman–Crippen LogP) is 1.76. The zero-order chi connectivity index (χ0) is 16.6. The third-order valence-corrected chi connectivity index (χ3v) is 4.60. The summed E-state index contributed by atoms with van der Waals surface area (Å²) in [7, 11) is 0. The van der Waals surface area contributed by atoms with Gasteiger partial charge in [0.25, 0.3) is 5.91 Å². The molecule has 0 radical (unpaired) electrons. The number of carbonyl (C=O) groups excluding carboxylic acids is 1. The van der Waals surface area contributed by atoms with Crippen molar-refractivity contribution in [3.63, 3.8) is 0 Å². The van der Waals surface area contributed by atoms with Crippen LogP contribution < -0.4 is 14.8 Å². The number of amides is 1. The average molecular weight is 329 g/mol. The number of aryl methyl sites for hydroxylation is 1. The number of benzene rings is 1. The first-order valence-corrected chi connectivity index (χ1v) is 8.11. The number of para-hydroxylation sites is 2. The Morgan fingerprint density at radius 1 is 1.29 bits per heavy atom. The number of nitrogens with one attached hydrogen (secondary N) is 1. The van der Waals surface area contributed by atoms with Crippen molar-refractivity contribution in [2.45, 2.75) is 31.0 Å². The number of carbonyl (C=O) groups is 1. The molecule has 0 saturated heterocycles. The van der Waals surface area contributed by atoms with Crippen molar-refractivity contribution in [1.82, 2.24) is 5.32 Å². The van der Waals surface area contributed by atoms with Gasteiger partial charge in [-0.2, -0.15) is 0 Å². The molecule has 2 atom stereocenters. The molecule has 4 rings (SSSR count). The van der Waals surface area contributed by atoms with Crippen molar-refractivity contribution in [3.05, 3.63) is 47.9 Å². The molecule has 6 heteroatoms. The number of hydrogen-bond acceptors (Lipinski definition) is 5. The van der Waals surface area contributed by atoms with E-state index in [0.717, 1.165) is 24.2 Å². The summed E-state index contributed by atoms with van der Waals surface area (Å²) in [5.41, 5.74) is -0.329. The summed E-state index contributed by atoms with van der Waals surface area (Å²) in [6, 6.07) is 9.02. The van der Waals surface area contributed by atoms with Crippen LogP contribution in [-0.2, 0) is 16.8 Å². The molecule has 2 aromatic rings. The third-order valence-electron chi connectivity index (χ3n) is 4.60. The fourth-order valence-electron chi connectivity index (χ4n) is 3.30. The monoisotopic (exact) mass is 329 g/mol. The van der Waals surface area contributed by atoms with Crippen molar-refractivity contribution < 1.29 is 23.8 Å². The van der Waals surface area contributed by atoms with Crippen LogP contribution in [0.4, 0.5) is 0 Å². The summed E-state index contributed by atoms with van der Waals surface area (Å²) >= 11 is 0. The fraction of sp³-hybridized carbons (Fsp3) is 0.389. The maximum absolute atomic E-state index is 12.4. The SMILES string of the molecule is O=C(NCC1(O)CCCc2occc21)C1COc2ccccc2O1. The minimum Gasteiger partial charge on any atom is -0.485 e. The number of aliphatic hydroxyl groups is 1. The number of furan rings is 1. The Kier molecular flexibility index (Phi) is 3.69. The first-order chi connectivity index (χ1) is 11.7. The van der Waals surface area contributed by atoms with E-state index in [2.05, 4.69) is 5.32 Å². The molecule has 1 aromatic carbocycles. The van der Waals surface area contributed by atoms with E-state index in [9.17, 15) is 9.90 Å². The zero-order valence-corrected chi connectivity index (χ0v) is 13.2. The molecule has 6 nitrogen and oxygen atoms in total. The number of rotatable bonds is 3. The molecule has 0 fully saturated rings. The van der Waals surface area contributed by atoms with E-state index >= 15 is 0 Å². The average Bonchev–Trinajstić information content (AvgIpc) is 3.10. The molecule has 0 bridgehead atoms. The maximum atomic E-state index is 12.4. The van der Waals surface area contributed by atoms with Crippen molar-refractivity contribution in [3.8, 4) is 11.5 Å². The smallest absolute Gasteiger partial charge is 0.264 e. The summed E-state index contributed by atoms with van der Waals surface area (Å²) in [4.78, 5) is 12.4. The summed E-state index contributed by atoms with van der Waals surface area (Å²) in [6.45, 7) is 0.276. The Morgan fingerprint density at radius 3 is 3.00 bits per heavy atom. The summed E-state index contributed by atoms with van der Waals surface area (Å²) < 4.78 is 16.6. The lowest BCUT2D eigenvalue weighted by molar-refractivity contribution is -0.131. The van der Waals surface area contributed by atoms with E-state index in [1.807, 2.05) is 12.1 Å². The van der Waals surface area contributed by atoms with E-state index in [-0.39, 0.29) is 19.1 Å². The Morgan fingerprint density at radius 2 is 2.12 bits per heavy atom. The van der Waals surface area contributed by atoms with Gasteiger partial charge in [0.05, 0.1) is 12.8 Å². The number of fused-ring (bicyclic) bond motifs is 2. The Bertz CT molecular complexity index is 755. The molecule has 126 valence electrons. The van der Waals surface area contributed by atoms with E-state index in [1.54, 1.807) is 24.5 Å². The molecule has 0 spiro atoms. The van der Waals surface area contributed by atoms with Crippen LogP contribution in [0.5, 0.6) is 11.5 Å². The normalized spacial score (nSPS) is 25.0. The zero-order valence-electron chi connectivity index (χ0n) is 13.2. The third kappa shape index (κ3) is 2.63. The molecule has 2 unspecified atom stereocenters. The van der Waals surface area contributed by atoms with E-state index in [0.29, 0.717) is 17.9 Å². The Balaban J connectivity index is 1.41. The van der Waals surface area contributed by atoms with Gasteiger partial charge >= 0.3 is 0 Å². The van der Waals surface area contributed by atoms with Crippen LogP contribution in [0, 0.1) is 0 Å². The predicted molar refractivity (Wildman–Crippen MR) is 84.9 cm³/mol. The van der Waals surface area contributed by atoms with Crippen LogP contribution in [0.3, 0.4) is 0 Å². The van der Waals surface area contributed by atoms with Gasteiger partial charge in [-0.1, -0.05) is 12.1 Å². The summed E-state index contributed by atoms with van der Waals surface area (Å²) in [5.74, 6) is 1.69. The molecule has 1 aliphatic heterocycles. The van der Waals surface area contributed by atoms with Gasteiger partial charge in [0.15, 0.2) is 11.5 Å². The summed E-state index contributed by atoms with van der Waals surface area (Å²) in [6.07, 6.45) is 3.08. The van der Waals surface area contributed by atoms with Gasteiger partial charge in [0.2, 0.25) is 6.10 Å². The second-order valence-electron chi connectivity index (χ2n) is 6.22. The van der Waals surface area contributed by atoms with Gasteiger partial charge in [-0.05, 0) is 31.0 Å². The minimum absolute atomic E-state index is 0.125. The lowest BCUT2D eigenvalue weighted by Gasteiger charge is -2.33. The van der Waals surface area contributed by atoms with Crippen molar-refractivity contribution >= 4 is 5.91 Å².